The van der Waals surface area contributed by atoms with Crippen LogP contribution in [-0.4, -0.2) is 47.5 Å². The molecule has 1 saturated heterocycles. The van der Waals surface area contributed by atoms with Crippen LogP contribution >= 0.6 is 46.1 Å². The molecule has 3 rings (SSSR count). The first-order valence-corrected chi connectivity index (χ1v) is 10.1. The van der Waals surface area contributed by atoms with Gasteiger partial charge >= 0.3 is 6.09 Å². The topological polar surface area (TPSA) is 81.7 Å². The normalized spacial score (nSPS) is 18.3. The molecule has 0 saturated carbocycles. The van der Waals surface area contributed by atoms with Crippen LogP contribution in [0, 0.1) is 0 Å². The number of nitrogens with zero attached hydrogens (tertiary/aromatic N) is 1. The van der Waals surface area contributed by atoms with Gasteiger partial charge in [0.2, 0.25) is 3.79 Å². The Morgan fingerprint density at radius 3 is 2.96 bits per heavy atom. The summed E-state index contributed by atoms with van der Waals surface area (Å²) in [6.07, 6.45) is -0.0291. The lowest BCUT2D eigenvalue weighted by Gasteiger charge is -2.26. The minimum atomic E-state index is -1.82. The number of ether oxygens (including phenoxy) is 3. The number of fused-ring (bicyclic) bond motifs is 1. The van der Waals surface area contributed by atoms with E-state index in [4.69, 9.17) is 49.0 Å². The van der Waals surface area contributed by atoms with Gasteiger partial charge in [-0.1, -0.05) is 46.1 Å². The Morgan fingerprint density at radius 1 is 1.48 bits per heavy atom. The van der Waals surface area contributed by atoms with Crippen molar-refractivity contribution in [2.45, 2.75) is 28.9 Å². The fourth-order valence-electron chi connectivity index (χ4n) is 2.52. The summed E-state index contributed by atoms with van der Waals surface area (Å²) in [5.41, 5.74) is 0.757. The van der Waals surface area contributed by atoms with Gasteiger partial charge in [0.1, 0.15) is 12.4 Å². The van der Waals surface area contributed by atoms with Gasteiger partial charge in [-0.3, -0.25) is 5.32 Å². The number of alkyl halides is 3. The molecule has 7 nitrogen and oxygen atoms in total. The molecular weight excluding hydrogens is 437 g/mol. The van der Waals surface area contributed by atoms with E-state index in [1.54, 1.807) is 13.2 Å². The van der Waals surface area contributed by atoms with Gasteiger partial charge in [-0.15, -0.1) is 0 Å². The van der Waals surface area contributed by atoms with Crippen molar-refractivity contribution in [3.8, 4) is 5.75 Å². The quantitative estimate of drug-likeness (QED) is 0.500. The number of nitrogens with one attached hydrogen (secondary N) is 2. The van der Waals surface area contributed by atoms with Crippen molar-refractivity contribution in [1.29, 1.82) is 0 Å². The molecule has 11 heteroatoms. The zero-order valence-corrected chi connectivity index (χ0v) is 17.4. The summed E-state index contributed by atoms with van der Waals surface area (Å²) in [7, 11) is 1.59. The molecule has 1 amide bonds. The van der Waals surface area contributed by atoms with Crippen LogP contribution in [-0.2, 0) is 9.47 Å². The van der Waals surface area contributed by atoms with Crippen molar-refractivity contribution in [1.82, 2.24) is 10.3 Å². The number of methoxy groups -OCH3 is 1. The van der Waals surface area contributed by atoms with E-state index >= 15 is 0 Å². The Bertz CT molecular complexity index is 793. The summed E-state index contributed by atoms with van der Waals surface area (Å²) in [5.74, 6) is 0.714. The maximum atomic E-state index is 12.1. The second-order valence-corrected chi connectivity index (χ2v) is 9.25. The molecule has 2 aromatic rings. The molecule has 0 aliphatic carbocycles. The van der Waals surface area contributed by atoms with Crippen LogP contribution < -0.4 is 15.4 Å². The smallest absolute Gasteiger partial charge is 0.408 e. The molecule has 148 valence electrons. The first-order chi connectivity index (χ1) is 12.8. The third-order valence-corrected chi connectivity index (χ3v) is 5.48. The molecule has 1 aromatic heterocycles. The number of rotatable bonds is 6. The Hall–Kier alpha value is -1.19. The molecule has 1 fully saturated rings. The largest absolute Gasteiger partial charge is 0.497 e. The fourth-order valence-corrected chi connectivity index (χ4v) is 3.77. The predicted octanol–water partition coefficient (Wildman–Crippen LogP) is 4.32. The fraction of sp³-hybridized carbons (Fsp3) is 0.500. The molecule has 2 N–H and O–H groups in total. The number of hydrogen-bond acceptors (Lipinski definition) is 7. The van der Waals surface area contributed by atoms with Gasteiger partial charge in [-0.2, -0.15) is 0 Å². The Balaban J connectivity index is 1.65. The SMILES string of the molecule is COc1ccc2nc(N[C@@H](NC(=O)OC[C@H]3CCCO3)C(Cl)(Cl)Cl)sc2c1. The number of amides is 1. The van der Waals surface area contributed by atoms with Crippen molar-refractivity contribution in [2.24, 2.45) is 0 Å². The van der Waals surface area contributed by atoms with Crippen LogP contribution in [0.4, 0.5) is 9.93 Å². The Kier molecular flexibility index (Phi) is 6.75. The molecular formula is C16H18Cl3N3O4S. The number of carbonyl (C=O) groups excluding carboxylic acids is 1. The molecule has 0 unspecified atom stereocenters. The van der Waals surface area contributed by atoms with Gasteiger partial charge < -0.3 is 19.5 Å². The zero-order chi connectivity index (χ0) is 19.4. The van der Waals surface area contributed by atoms with E-state index in [2.05, 4.69) is 15.6 Å². The lowest BCUT2D eigenvalue weighted by molar-refractivity contribution is 0.0432. The minimum absolute atomic E-state index is 0.0887. The van der Waals surface area contributed by atoms with E-state index in [9.17, 15) is 4.79 Å². The highest BCUT2D eigenvalue weighted by molar-refractivity contribution is 7.22. The van der Waals surface area contributed by atoms with E-state index in [-0.39, 0.29) is 12.7 Å². The molecule has 0 bridgehead atoms. The lowest BCUT2D eigenvalue weighted by Crippen LogP contribution is -2.49. The van der Waals surface area contributed by atoms with Crippen molar-refractivity contribution in [3.63, 3.8) is 0 Å². The molecule has 27 heavy (non-hydrogen) atoms. The maximum Gasteiger partial charge on any atom is 0.408 e. The second kappa shape index (κ2) is 8.87. The molecule has 2 atom stereocenters. The highest BCUT2D eigenvalue weighted by Crippen LogP contribution is 2.34. The number of carbonyl (C=O) groups is 1. The number of anilines is 1. The maximum absolute atomic E-state index is 12.1. The van der Waals surface area contributed by atoms with Gasteiger partial charge in [0.25, 0.3) is 0 Å². The van der Waals surface area contributed by atoms with Crippen molar-refractivity contribution < 1.29 is 19.0 Å². The van der Waals surface area contributed by atoms with Crippen LogP contribution in [0.15, 0.2) is 18.2 Å². The van der Waals surface area contributed by atoms with Gasteiger partial charge in [-0.05, 0) is 31.0 Å². The monoisotopic (exact) mass is 453 g/mol. The van der Waals surface area contributed by atoms with E-state index in [0.29, 0.717) is 17.5 Å². The number of hydrogen-bond donors (Lipinski definition) is 2. The average Bonchev–Trinajstić information content (AvgIpc) is 3.27. The highest BCUT2D eigenvalue weighted by atomic mass is 35.6. The second-order valence-electron chi connectivity index (χ2n) is 5.85. The number of benzene rings is 1. The number of halogens is 3. The van der Waals surface area contributed by atoms with Crippen molar-refractivity contribution in [2.75, 3.05) is 25.6 Å². The minimum Gasteiger partial charge on any atom is -0.497 e. The summed E-state index contributed by atoms with van der Waals surface area (Å²) in [6.45, 7) is 0.829. The molecule has 2 heterocycles. The van der Waals surface area contributed by atoms with E-state index in [1.807, 2.05) is 12.1 Å². The van der Waals surface area contributed by atoms with Crippen molar-refractivity contribution >= 4 is 67.6 Å². The first-order valence-electron chi connectivity index (χ1n) is 8.18. The molecule has 0 radical (unpaired) electrons. The molecule has 0 spiro atoms. The van der Waals surface area contributed by atoms with Crippen LogP contribution in [0.3, 0.4) is 0 Å². The number of aromatic nitrogens is 1. The predicted molar refractivity (Wildman–Crippen MR) is 107 cm³/mol. The number of alkyl carbamates (subject to hydrolysis) is 1. The highest BCUT2D eigenvalue weighted by Gasteiger charge is 2.35. The lowest BCUT2D eigenvalue weighted by atomic mass is 10.2. The number of thiazole rings is 1. The molecule has 1 aromatic carbocycles. The molecule has 1 aliphatic heterocycles. The molecule has 1 aliphatic rings. The third-order valence-electron chi connectivity index (χ3n) is 3.88. The van der Waals surface area contributed by atoms with E-state index < -0.39 is 16.1 Å². The summed E-state index contributed by atoms with van der Waals surface area (Å²) in [5, 5.41) is 5.93. The first kappa shape index (κ1) is 20.5. The summed E-state index contributed by atoms with van der Waals surface area (Å²) in [4.78, 5) is 16.5. The average molecular weight is 455 g/mol. The van der Waals surface area contributed by atoms with Crippen molar-refractivity contribution in [3.05, 3.63) is 18.2 Å². The summed E-state index contributed by atoms with van der Waals surface area (Å²) < 4.78 is 14.8. The Labute approximate surface area is 175 Å². The Morgan fingerprint density at radius 2 is 2.30 bits per heavy atom. The van der Waals surface area contributed by atoms with Crippen LogP contribution in [0.2, 0.25) is 0 Å². The van der Waals surface area contributed by atoms with Gasteiger partial charge in [0.15, 0.2) is 11.3 Å². The van der Waals surface area contributed by atoms with Crippen LogP contribution in [0.25, 0.3) is 10.2 Å². The third kappa shape index (κ3) is 5.65. The van der Waals surface area contributed by atoms with Gasteiger partial charge in [-0.25, -0.2) is 9.78 Å². The van der Waals surface area contributed by atoms with Gasteiger partial charge in [0.05, 0.1) is 23.4 Å². The van der Waals surface area contributed by atoms with Crippen LogP contribution in [0.5, 0.6) is 5.75 Å². The van der Waals surface area contributed by atoms with E-state index in [1.165, 1.54) is 11.3 Å². The van der Waals surface area contributed by atoms with Gasteiger partial charge in [0, 0.05) is 6.61 Å². The zero-order valence-electron chi connectivity index (χ0n) is 14.3. The van der Waals surface area contributed by atoms with Crippen LogP contribution in [0.1, 0.15) is 12.8 Å². The summed E-state index contributed by atoms with van der Waals surface area (Å²) in [6, 6.07) is 5.48. The van der Waals surface area contributed by atoms with E-state index in [0.717, 1.165) is 23.1 Å². The summed E-state index contributed by atoms with van der Waals surface area (Å²) >= 11 is 19.3. The standard InChI is InChI=1S/C16H18Cl3N3O4S/c1-24-9-4-5-11-12(7-9)27-14(20-11)21-13(16(17,18)19)22-15(23)26-8-10-3-2-6-25-10/h4-5,7,10,13H,2-3,6,8H2,1H3,(H,20,21)(H,22,23)/t10-,13+/m1/s1.